The van der Waals surface area contributed by atoms with Gasteiger partial charge in [0.25, 0.3) is 0 Å². The lowest BCUT2D eigenvalue weighted by molar-refractivity contribution is -0.152. The zero-order valence-corrected chi connectivity index (χ0v) is 67.2. The van der Waals surface area contributed by atoms with E-state index in [1.165, 1.54) is 80.6 Å². The van der Waals surface area contributed by atoms with Crippen LogP contribution in [0.15, 0.2) is 0 Å². The summed E-state index contributed by atoms with van der Waals surface area (Å²) in [5, 5.41) is 32.8. The molecule has 0 radical (unpaired) electrons. The maximum Gasteiger partial charge on any atom is 0.248 e. The van der Waals surface area contributed by atoms with Gasteiger partial charge in [-0.3, -0.25) is 57.5 Å². The summed E-state index contributed by atoms with van der Waals surface area (Å²) < 4.78 is 12.0. The summed E-state index contributed by atoms with van der Waals surface area (Å²) in [6, 6.07) is -12.5. The SMILES string of the molecule is CCCN1CC(=O)N(C)[C@@H](CC2CCCCC2)C(=O)N(C)[C@@H](CC(C)C)C(=O)N[C@@H](COCCC(C)C)C(=O)N(C)[C@@H](CC(C)C)C(=O)N[C@H](C(=O)N2CCCCC2)CC(=O)N(C)CC(=O)N(C)[C@@H](CC2CCCC(Cl)C2)C(=O)N[C@@H](COC[C@H](C)O)C(=O)N(C)[C@@H](CC(C)C)C(=O)N[C@@H]([C@@H](C)O)C1=O. The number of aliphatic hydroxyl groups is 2. The molecule has 0 spiro atoms. The molecule has 4 fully saturated rings. The van der Waals surface area contributed by atoms with Gasteiger partial charge in [0.15, 0.2) is 0 Å². The first kappa shape index (κ1) is 91.2. The summed E-state index contributed by atoms with van der Waals surface area (Å²) in [5.41, 5.74) is 0. The summed E-state index contributed by atoms with van der Waals surface area (Å²) in [6.45, 7) is 18.2. The van der Waals surface area contributed by atoms with Gasteiger partial charge >= 0.3 is 0 Å². The van der Waals surface area contributed by atoms with Gasteiger partial charge in [-0.2, -0.15) is 0 Å². The van der Waals surface area contributed by atoms with Gasteiger partial charge < -0.3 is 80.2 Å². The van der Waals surface area contributed by atoms with Crippen LogP contribution in [0.2, 0.25) is 0 Å². The second-order valence-corrected chi connectivity index (χ2v) is 32.7. The van der Waals surface area contributed by atoms with E-state index in [1.54, 1.807) is 11.8 Å². The number of hydrogen-bond donors (Lipinski definition) is 6. The molecule has 0 bridgehead atoms. The fourth-order valence-electron chi connectivity index (χ4n) is 14.5. The Morgan fingerprint density at radius 3 is 1.48 bits per heavy atom. The molecular weight excluding hydrogens is 1370 g/mol. The number of halogens is 1. The van der Waals surface area contributed by atoms with E-state index >= 15 is 38.4 Å². The summed E-state index contributed by atoms with van der Waals surface area (Å²) in [6.07, 6.45) is 7.37. The van der Waals surface area contributed by atoms with Crippen LogP contribution in [-0.4, -0.2) is 294 Å². The standard InChI is InChI=1S/C76H133ClN12O16/c1-18-31-89-43-66(94)84(14)63(39-53-26-21-19-22-27-53)75(102)87(17)60(36-49(6)7)69(96)79-57(45-104-34-30-47(2)3)72(99)85(15)59(35-48(4)5)68(95)78-56(74(101)88-32-23-20-24-33-88)41-64(92)82(12)42-65(93)83(13)62(40-54-28-25-29-55(77)38-54)70(97)80-58(46-105-44-51(10)90)73(100)86(16)61(37-50(8)9)71(98)81-67(52(11)91)76(89)103/h47-63,67,90-91H,18-46H2,1-17H3,(H,78,95)(H,79,96)(H,80,97)(H,81,98)/t51-,52+,54?,55?,56-,57-,58-,59-,60-,61-,62-,63-,67-/m0/s1. The molecule has 0 aromatic carbocycles. The molecule has 4 aliphatic rings. The van der Waals surface area contributed by atoms with Crippen LogP contribution in [0.3, 0.4) is 0 Å². The maximum absolute atomic E-state index is 15.6. The van der Waals surface area contributed by atoms with Gasteiger partial charge in [0.2, 0.25) is 70.9 Å². The number of rotatable bonds is 23. The van der Waals surface area contributed by atoms with E-state index in [2.05, 4.69) is 21.3 Å². The van der Waals surface area contributed by atoms with E-state index in [0.717, 1.165) is 61.2 Å². The zero-order chi connectivity index (χ0) is 78.7. The third kappa shape index (κ3) is 29.0. The third-order valence-electron chi connectivity index (χ3n) is 20.9. The van der Waals surface area contributed by atoms with E-state index in [-0.39, 0.29) is 99.4 Å². The lowest BCUT2D eigenvalue weighted by atomic mass is 9.84. The van der Waals surface area contributed by atoms with Crippen molar-refractivity contribution in [2.45, 2.75) is 277 Å². The topological polar surface area (TPSA) is 338 Å². The van der Waals surface area contributed by atoms with Crippen LogP contribution >= 0.6 is 11.6 Å². The van der Waals surface area contributed by atoms with Crippen LogP contribution in [0.25, 0.3) is 0 Å². The molecule has 2 saturated carbocycles. The first-order chi connectivity index (χ1) is 49.4. The van der Waals surface area contributed by atoms with Crippen LogP contribution in [0.1, 0.15) is 205 Å². The summed E-state index contributed by atoms with van der Waals surface area (Å²) in [7, 11) is 8.47. The number of hydrogen-bond acceptors (Lipinski definition) is 16. The predicted octanol–water partition coefficient (Wildman–Crippen LogP) is 4.31. The highest BCUT2D eigenvalue weighted by Crippen LogP contribution is 2.33. The van der Waals surface area contributed by atoms with E-state index in [4.69, 9.17) is 21.1 Å². The van der Waals surface area contributed by atoms with E-state index in [0.29, 0.717) is 51.6 Å². The Morgan fingerprint density at radius 1 is 0.505 bits per heavy atom. The minimum absolute atomic E-state index is 0.00150. The number of piperidine rings is 1. The molecule has 29 heteroatoms. The van der Waals surface area contributed by atoms with Crippen molar-refractivity contribution in [3.8, 4) is 0 Å². The maximum atomic E-state index is 15.6. The van der Waals surface area contributed by atoms with Gasteiger partial charge in [-0.15, -0.1) is 11.6 Å². The predicted molar refractivity (Wildman–Crippen MR) is 400 cm³/mol. The van der Waals surface area contributed by atoms with Crippen molar-refractivity contribution >= 4 is 82.5 Å². The molecule has 105 heavy (non-hydrogen) atoms. The lowest BCUT2D eigenvalue weighted by Gasteiger charge is -2.38. The largest absolute Gasteiger partial charge is 0.391 e. The highest BCUT2D eigenvalue weighted by Gasteiger charge is 2.44. The van der Waals surface area contributed by atoms with Gasteiger partial charge in [0, 0.05) is 73.9 Å². The third-order valence-corrected chi connectivity index (χ3v) is 21.3. The summed E-state index contributed by atoms with van der Waals surface area (Å²) in [5.74, 6) is -9.41. The van der Waals surface area contributed by atoms with E-state index in [1.807, 2.05) is 55.4 Å². The van der Waals surface area contributed by atoms with Gasteiger partial charge in [0.05, 0.1) is 51.5 Å². The number of aliphatic hydroxyl groups excluding tert-OH is 2. The molecule has 600 valence electrons. The van der Waals surface area contributed by atoms with Crippen molar-refractivity contribution in [1.82, 2.24) is 60.5 Å². The highest BCUT2D eigenvalue weighted by molar-refractivity contribution is 6.20. The quantitative estimate of drug-likeness (QED) is 0.0613. The normalized spacial score (nSPS) is 27.5. The number of nitrogens with one attached hydrogen (secondary N) is 4. The monoisotopic (exact) mass is 1500 g/mol. The van der Waals surface area contributed by atoms with Crippen molar-refractivity contribution in [3.63, 3.8) is 0 Å². The molecule has 2 aliphatic heterocycles. The minimum Gasteiger partial charge on any atom is -0.391 e. The Labute approximate surface area is 630 Å². The molecule has 2 unspecified atom stereocenters. The van der Waals surface area contributed by atoms with Crippen molar-refractivity contribution in [2.75, 3.05) is 101 Å². The smallest absolute Gasteiger partial charge is 0.248 e. The molecule has 12 amide bonds. The average molecular weight is 1510 g/mol. The van der Waals surface area contributed by atoms with Gasteiger partial charge in [-0.25, -0.2) is 0 Å². The average Bonchev–Trinajstić information content (AvgIpc) is 0.821. The number of likely N-dealkylation sites (tertiary alicyclic amines) is 1. The molecular formula is C76H133ClN12O16. The fraction of sp³-hybridized carbons (Fsp3) is 0.842. The fourth-order valence-corrected chi connectivity index (χ4v) is 14.9. The first-order valence-corrected chi connectivity index (χ1v) is 39.3. The van der Waals surface area contributed by atoms with Crippen LogP contribution in [0, 0.1) is 35.5 Å². The minimum atomic E-state index is -1.68. The summed E-state index contributed by atoms with van der Waals surface area (Å²) >= 11 is 6.73. The number of amides is 12. The second-order valence-electron chi connectivity index (χ2n) is 32.1. The number of nitrogens with zero attached hydrogens (tertiary/aromatic N) is 8. The van der Waals surface area contributed by atoms with Crippen LogP contribution in [-0.2, 0) is 67.0 Å². The number of alkyl halides is 1. The Balaban J connectivity index is 1.99. The second kappa shape index (κ2) is 44.9. The van der Waals surface area contributed by atoms with Gasteiger partial charge in [-0.1, -0.05) is 107 Å². The number of carbonyl (C=O) groups is 12. The number of ether oxygens (including phenoxy) is 2. The molecule has 28 nitrogen and oxygen atoms in total. The summed E-state index contributed by atoms with van der Waals surface area (Å²) in [4.78, 5) is 191. The van der Waals surface area contributed by atoms with Crippen LogP contribution < -0.4 is 21.3 Å². The molecule has 6 N–H and O–H groups in total. The number of carbonyl (C=O) groups excluding carboxylic acids is 12. The highest BCUT2D eigenvalue weighted by atomic mass is 35.5. The van der Waals surface area contributed by atoms with Crippen molar-refractivity contribution in [1.29, 1.82) is 0 Å². The van der Waals surface area contributed by atoms with Crippen molar-refractivity contribution in [3.05, 3.63) is 0 Å². The van der Waals surface area contributed by atoms with Crippen LogP contribution in [0.5, 0.6) is 0 Å². The Kier molecular flexibility index (Phi) is 39.0. The van der Waals surface area contributed by atoms with Gasteiger partial charge in [-0.05, 0) is 126 Å². The Bertz CT molecular complexity index is 2840. The molecule has 4 rings (SSSR count). The molecule has 0 aromatic heterocycles. The Morgan fingerprint density at radius 2 is 0.971 bits per heavy atom. The Hall–Kier alpha value is -6.23. The molecule has 2 aliphatic carbocycles. The molecule has 2 heterocycles. The molecule has 0 aromatic rings. The van der Waals surface area contributed by atoms with Crippen LogP contribution in [0.4, 0.5) is 0 Å². The van der Waals surface area contributed by atoms with E-state index in [9.17, 15) is 29.4 Å². The van der Waals surface area contributed by atoms with Crippen molar-refractivity contribution in [2.24, 2.45) is 35.5 Å². The molecule has 2 saturated heterocycles. The number of likely N-dealkylation sites (N-methyl/N-ethyl adjacent to an activating group) is 6. The van der Waals surface area contributed by atoms with E-state index < -0.39 is 164 Å². The van der Waals surface area contributed by atoms with Crippen molar-refractivity contribution < 1.29 is 77.2 Å². The lowest BCUT2D eigenvalue weighted by Crippen LogP contribution is -2.62. The molecule has 13 atom stereocenters. The zero-order valence-electron chi connectivity index (χ0n) is 66.5. The van der Waals surface area contributed by atoms with Gasteiger partial charge in [0.1, 0.15) is 54.4 Å². The first-order valence-electron chi connectivity index (χ1n) is 38.9.